The highest BCUT2D eigenvalue weighted by Crippen LogP contribution is 2.05. The van der Waals surface area contributed by atoms with Crippen molar-refractivity contribution in [2.24, 2.45) is 0 Å². The monoisotopic (exact) mass is 129 g/mol. The first-order valence-electron chi connectivity index (χ1n) is 2.26. The normalized spacial score (nSPS) is 9.75. The van der Waals surface area contributed by atoms with Crippen LogP contribution in [0, 0.1) is 6.92 Å². The lowest BCUT2D eigenvalue weighted by atomic mass is 10.7. The van der Waals surface area contributed by atoms with Gasteiger partial charge in [-0.25, -0.2) is 4.98 Å². The zero-order valence-corrected chi connectivity index (χ0v) is 5.78. The van der Waals surface area contributed by atoms with E-state index < -0.39 is 0 Å². The van der Waals surface area contributed by atoms with Crippen molar-refractivity contribution in [3.8, 4) is 0 Å². The van der Waals surface area contributed by atoms with Crippen molar-refractivity contribution in [3.05, 3.63) is 12.0 Å². The molecule has 0 spiro atoms. The van der Waals surface area contributed by atoms with Crippen LogP contribution >= 0.6 is 9.39 Å². The largest absolute Gasteiger partial charge is 0.382 e. The number of nitrogens with two attached hydrogens (primary N) is 1. The molecule has 1 unspecified atom stereocenters. The van der Waals surface area contributed by atoms with Crippen LogP contribution in [0.2, 0.25) is 0 Å². The molecule has 1 heterocycles. The van der Waals surface area contributed by atoms with Crippen LogP contribution in [0.5, 0.6) is 0 Å². The van der Waals surface area contributed by atoms with Gasteiger partial charge in [-0.1, -0.05) is 0 Å². The lowest BCUT2D eigenvalue weighted by Gasteiger charge is -1.86. The molecule has 0 bridgehead atoms. The second-order valence-corrected chi connectivity index (χ2v) is 2.18. The SMILES string of the molecule is Cc1nc(N)cn1P. The van der Waals surface area contributed by atoms with E-state index in [2.05, 4.69) is 14.4 Å². The first-order valence-corrected chi connectivity index (χ1v) is 2.78. The summed E-state index contributed by atoms with van der Waals surface area (Å²) >= 11 is 0. The molecule has 1 aromatic rings. The maximum atomic E-state index is 5.33. The molecule has 1 rings (SSSR count). The molecule has 8 heavy (non-hydrogen) atoms. The van der Waals surface area contributed by atoms with Crippen molar-refractivity contribution in [2.45, 2.75) is 6.92 Å². The number of anilines is 1. The first kappa shape index (κ1) is 5.57. The highest BCUT2D eigenvalue weighted by atomic mass is 31.0. The highest BCUT2D eigenvalue weighted by Gasteiger charge is 1.92. The van der Waals surface area contributed by atoms with Crippen molar-refractivity contribution in [2.75, 3.05) is 5.73 Å². The van der Waals surface area contributed by atoms with E-state index in [1.54, 1.807) is 10.5 Å². The van der Waals surface area contributed by atoms with Crippen molar-refractivity contribution in [1.29, 1.82) is 0 Å². The Morgan fingerprint density at radius 3 is 2.62 bits per heavy atom. The molecule has 3 nitrogen and oxygen atoms in total. The predicted octanol–water partition coefficient (Wildman–Crippen LogP) is 0.412. The van der Waals surface area contributed by atoms with Crippen LogP contribution in [-0.2, 0) is 0 Å². The first-order chi connectivity index (χ1) is 3.70. The van der Waals surface area contributed by atoms with E-state index in [-0.39, 0.29) is 0 Å². The van der Waals surface area contributed by atoms with Crippen molar-refractivity contribution >= 4 is 15.2 Å². The second-order valence-electron chi connectivity index (χ2n) is 1.62. The van der Waals surface area contributed by atoms with E-state index in [4.69, 9.17) is 5.73 Å². The minimum atomic E-state index is 0.567. The van der Waals surface area contributed by atoms with Gasteiger partial charge in [-0.2, -0.15) is 0 Å². The molecule has 2 N–H and O–H groups in total. The molecule has 0 aliphatic heterocycles. The highest BCUT2D eigenvalue weighted by molar-refractivity contribution is 7.14. The van der Waals surface area contributed by atoms with E-state index in [1.165, 1.54) is 0 Å². The number of nitrogen functional groups attached to an aromatic ring is 1. The van der Waals surface area contributed by atoms with Gasteiger partial charge in [0.15, 0.2) is 0 Å². The van der Waals surface area contributed by atoms with Crippen LogP contribution in [0.3, 0.4) is 0 Å². The summed E-state index contributed by atoms with van der Waals surface area (Å²) < 4.78 is 1.80. The predicted molar refractivity (Wildman–Crippen MR) is 36.5 cm³/mol. The summed E-state index contributed by atoms with van der Waals surface area (Å²) in [6.07, 6.45) is 1.75. The van der Waals surface area contributed by atoms with Crippen LogP contribution in [0.25, 0.3) is 0 Å². The number of aryl methyl sites for hydroxylation is 1. The molecule has 0 radical (unpaired) electrons. The maximum Gasteiger partial charge on any atom is 0.142 e. The number of hydrogen-bond donors (Lipinski definition) is 1. The number of aromatic nitrogens is 2. The lowest BCUT2D eigenvalue weighted by molar-refractivity contribution is 1.10. The van der Waals surface area contributed by atoms with Crippen molar-refractivity contribution < 1.29 is 0 Å². The van der Waals surface area contributed by atoms with Gasteiger partial charge in [0, 0.05) is 0 Å². The number of rotatable bonds is 0. The topological polar surface area (TPSA) is 43.8 Å². The van der Waals surface area contributed by atoms with Gasteiger partial charge in [0.25, 0.3) is 0 Å². The molecule has 0 saturated carbocycles. The van der Waals surface area contributed by atoms with Crippen molar-refractivity contribution in [1.82, 2.24) is 9.32 Å². The molecule has 0 fully saturated rings. The van der Waals surface area contributed by atoms with E-state index in [9.17, 15) is 0 Å². The molecular weight excluding hydrogens is 121 g/mol. The smallest absolute Gasteiger partial charge is 0.142 e. The van der Waals surface area contributed by atoms with Gasteiger partial charge in [0.05, 0.1) is 6.20 Å². The summed E-state index contributed by atoms with van der Waals surface area (Å²) in [5, 5.41) is 0. The standard InChI is InChI=1S/C4H8N3P/c1-3-6-4(5)2-7(3)8/h2H,5,8H2,1H3. The van der Waals surface area contributed by atoms with Crippen LogP contribution in [-0.4, -0.2) is 9.32 Å². The van der Waals surface area contributed by atoms with Gasteiger partial charge < -0.3 is 10.1 Å². The number of hydrogen-bond acceptors (Lipinski definition) is 2. The molecule has 44 valence electrons. The Morgan fingerprint density at radius 1 is 1.88 bits per heavy atom. The Balaban J connectivity index is 3.14. The molecular formula is C4H8N3P. The van der Waals surface area contributed by atoms with Gasteiger partial charge in [-0.3, -0.25) is 0 Å². The summed E-state index contributed by atoms with van der Waals surface area (Å²) in [5.74, 6) is 1.48. The summed E-state index contributed by atoms with van der Waals surface area (Å²) in [6, 6.07) is 0. The third-order valence-electron chi connectivity index (χ3n) is 0.936. The zero-order valence-electron chi connectivity index (χ0n) is 4.63. The number of imidazole rings is 1. The van der Waals surface area contributed by atoms with Gasteiger partial charge in [-0.05, 0) is 16.3 Å². The van der Waals surface area contributed by atoms with Gasteiger partial charge in [0.2, 0.25) is 0 Å². The van der Waals surface area contributed by atoms with E-state index in [1.807, 2.05) is 6.92 Å². The van der Waals surface area contributed by atoms with Crippen LogP contribution in [0.15, 0.2) is 6.20 Å². The summed E-state index contributed by atoms with van der Waals surface area (Å²) in [7, 11) is 2.48. The molecule has 0 saturated heterocycles. The van der Waals surface area contributed by atoms with Crippen LogP contribution in [0.1, 0.15) is 5.82 Å². The maximum absolute atomic E-state index is 5.33. The fraction of sp³-hybridized carbons (Fsp3) is 0.250. The molecule has 1 atom stereocenters. The molecule has 4 heteroatoms. The minimum Gasteiger partial charge on any atom is -0.382 e. The lowest BCUT2D eigenvalue weighted by Crippen LogP contribution is -1.81. The summed E-state index contributed by atoms with van der Waals surface area (Å²) in [6.45, 7) is 1.89. The summed E-state index contributed by atoms with van der Waals surface area (Å²) in [5.41, 5.74) is 5.33. The number of nitrogens with zero attached hydrogens (tertiary/aromatic N) is 2. The second kappa shape index (κ2) is 1.75. The van der Waals surface area contributed by atoms with E-state index in [0.29, 0.717) is 5.82 Å². The minimum absolute atomic E-state index is 0.567. The Kier molecular flexibility index (Phi) is 1.22. The van der Waals surface area contributed by atoms with Crippen LogP contribution in [0.4, 0.5) is 5.82 Å². The summed E-state index contributed by atoms with van der Waals surface area (Å²) in [4.78, 5) is 3.93. The molecule has 0 aliphatic carbocycles. The van der Waals surface area contributed by atoms with Gasteiger partial charge >= 0.3 is 0 Å². The Labute approximate surface area is 50.2 Å². The van der Waals surface area contributed by atoms with Gasteiger partial charge in [0.1, 0.15) is 11.6 Å². The average molecular weight is 129 g/mol. The third kappa shape index (κ3) is 0.819. The van der Waals surface area contributed by atoms with Crippen LogP contribution < -0.4 is 5.73 Å². The fourth-order valence-corrected chi connectivity index (χ4v) is 0.720. The fourth-order valence-electron chi connectivity index (χ4n) is 0.509. The Morgan fingerprint density at radius 2 is 2.50 bits per heavy atom. The zero-order chi connectivity index (χ0) is 6.15. The molecule has 0 aromatic carbocycles. The quantitative estimate of drug-likeness (QED) is 0.515. The average Bonchev–Trinajstić information content (AvgIpc) is 1.85. The Bertz CT molecular complexity index is 174. The van der Waals surface area contributed by atoms with E-state index >= 15 is 0 Å². The Hall–Kier alpha value is -0.560. The molecule has 1 aromatic heterocycles. The van der Waals surface area contributed by atoms with Gasteiger partial charge in [-0.15, -0.1) is 0 Å². The van der Waals surface area contributed by atoms with Crippen molar-refractivity contribution in [3.63, 3.8) is 0 Å². The molecule has 0 aliphatic rings. The van der Waals surface area contributed by atoms with E-state index in [0.717, 1.165) is 5.82 Å². The molecule has 0 amide bonds. The third-order valence-corrected chi connectivity index (χ3v) is 1.46.